The number of aryl methyl sites for hydroxylation is 1. The Kier molecular flexibility index (Phi) is 7.11. The van der Waals surface area contributed by atoms with E-state index in [4.69, 9.17) is 5.11 Å². The largest absolute Gasteiger partial charge is 0.481 e. The summed E-state index contributed by atoms with van der Waals surface area (Å²) in [6, 6.07) is 9.24. The van der Waals surface area contributed by atoms with Gasteiger partial charge in [-0.3, -0.25) is 9.59 Å². The van der Waals surface area contributed by atoms with E-state index in [1.807, 2.05) is 0 Å². The average Bonchev–Trinajstić information content (AvgIpc) is 3.36. The molecule has 0 spiro atoms. The van der Waals surface area contributed by atoms with Crippen LogP contribution in [0.25, 0.3) is 27.2 Å². The number of carbonyl (C=O) groups excluding carboxylic acids is 1. The van der Waals surface area contributed by atoms with Crippen molar-refractivity contribution in [2.24, 2.45) is 0 Å². The zero-order valence-electron chi connectivity index (χ0n) is 19.2. The highest BCUT2D eigenvalue weighted by Crippen LogP contribution is 2.33. The molecule has 4 aromatic rings. The number of alkyl halides is 3. The first-order chi connectivity index (χ1) is 17.3. The zero-order chi connectivity index (χ0) is 27.0. The Labute approximate surface area is 213 Å². The van der Waals surface area contributed by atoms with E-state index in [9.17, 15) is 31.2 Å². The van der Waals surface area contributed by atoms with Crippen LogP contribution in [0.2, 0.25) is 0 Å². The maximum Gasteiger partial charge on any atom is 0.416 e. The molecule has 0 saturated carbocycles. The van der Waals surface area contributed by atoms with Gasteiger partial charge in [0.15, 0.2) is 5.13 Å². The fourth-order valence-electron chi connectivity index (χ4n) is 3.79. The van der Waals surface area contributed by atoms with Gasteiger partial charge in [-0.1, -0.05) is 29.6 Å². The molecule has 0 aliphatic heterocycles. The molecular formula is C24H20F3N3O5S2. The Balaban J connectivity index is 1.64. The quantitative estimate of drug-likeness (QED) is 0.313. The standard InChI is InChI=1S/C24H20F3N3O5S2/c1-14(31)28-23-29-19-7-4-15(11-21(19)36-23)3-2-10-37(34,35)30-18(6-9-22(32)33)13-16-12-17(24(25,26)27)5-8-20(16)30/h2-5,7-8,11-13H,6,9-10H2,1H3,(H,32,33)(H,28,29,31). The van der Waals surface area contributed by atoms with Crippen LogP contribution in [0.4, 0.5) is 18.3 Å². The molecule has 2 heterocycles. The summed E-state index contributed by atoms with van der Waals surface area (Å²) in [5.41, 5.74) is 0.539. The third kappa shape index (κ3) is 6.00. The van der Waals surface area contributed by atoms with Crippen LogP contribution in [0.3, 0.4) is 0 Å². The molecule has 13 heteroatoms. The zero-order valence-corrected chi connectivity index (χ0v) is 20.9. The number of aliphatic carboxylic acids is 1. The van der Waals surface area contributed by atoms with Gasteiger partial charge in [0.05, 0.1) is 33.5 Å². The van der Waals surface area contributed by atoms with Crippen LogP contribution in [0.15, 0.2) is 48.5 Å². The Morgan fingerprint density at radius 1 is 1.16 bits per heavy atom. The van der Waals surface area contributed by atoms with Crippen LogP contribution in [0.5, 0.6) is 0 Å². The fourth-order valence-corrected chi connectivity index (χ4v) is 6.21. The Hall–Kier alpha value is -3.71. The highest BCUT2D eigenvalue weighted by atomic mass is 32.2. The van der Waals surface area contributed by atoms with Crippen molar-refractivity contribution in [3.63, 3.8) is 0 Å². The van der Waals surface area contributed by atoms with Crippen molar-refractivity contribution in [3.05, 3.63) is 65.4 Å². The van der Waals surface area contributed by atoms with Crippen molar-refractivity contribution in [3.8, 4) is 0 Å². The third-order valence-corrected chi connectivity index (χ3v) is 7.88. The number of nitrogens with zero attached hydrogens (tertiary/aromatic N) is 2. The molecule has 0 aliphatic rings. The predicted molar refractivity (Wildman–Crippen MR) is 135 cm³/mol. The summed E-state index contributed by atoms with van der Waals surface area (Å²) >= 11 is 1.26. The van der Waals surface area contributed by atoms with Gasteiger partial charge in [-0.25, -0.2) is 17.4 Å². The van der Waals surface area contributed by atoms with Crippen LogP contribution in [-0.2, 0) is 32.2 Å². The number of carboxylic acid groups (broad SMARTS) is 1. The molecule has 37 heavy (non-hydrogen) atoms. The Bertz CT molecular complexity index is 1650. The van der Waals surface area contributed by atoms with Crippen molar-refractivity contribution in [1.82, 2.24) is 8.96 Å². The number of aromatic nitrogens is 2. The molecule has 1 amide bonds. The molecule has 0 atom stereocenters. The van der Waals surface area contributed by atoms with Crippen LogP contribution < -0.4 is 5.32 Å². The van der Waals surface area contributed by atoms with Gasteiger partial charge in [-0.05, 0) is 48.4 Å². The molecule has 0 saturated heterocycles. The lowest BCUT2D eigenvalue weighted by atomic mass is 10.1. The molecule has 4 rings (SSSR count). The first-order valence-corrected chi connectivity index (χ1v) is 13.3. The van der Waals surface area contributed by atoms with Gasteiger partial charge in [-0.15, -0.1) is 0 Å². The number of carbonyl (C=O) groups is 2. The van der Waals surface area contributed by atoms with Gasteiger partial charge < -0.3 is 10.4 Å². The first-order valence-electron chi connectivity index (χ1n) is 10.8. The molecule has 0 bridgehead atoms. The second-order valence-corrected chi connectivity index (χ2v) is 11.1. The van der Waals surface area contributed by atoms with Gasteiger partial charge in [0, 0.05) is 18.0 Å². The van der Waals surface area contributed by atoms with Crippen molar-refractivity contribution in [2.75, 3.05) is 11.1 Å². The minimum atomic E-state index is -4.61. The number of fused-ring (bicyclic) bond motifs is 2. The van der Waals surface area contributed by atoms with Crippen LogP contribution in [0.1, 0.15) is 30.2 Å². The summed E-state index contributed by atoms with van der Waals surface area (Å²) < 4.78 is 67.7. The number of amides is 1. The lowest BCUT2D eigenvalue weighted by Crippen LogP contribution is -2.18. The maximum absolute atomic E-state index is 13.3. The van der Waals surface area contributed by atoms with Gasteiger partial charge >= 0.3 is 12.1 Å². The van der Waals surface area contributed by atoms with Crippen LogP contribution in [-0.4, -0.2) is 40.1 Å². The SMILES string of the molecule is CC(=O)Nc1nc2ccc(C=CCS(=O)(=O)n3c(CCC(=O)O)cc4cc(C(F)(F)F)ccc43)cc2s1. The molecule has 0 aliphatic carbocycles. The van der Waals surface area contributed by atoms with E-state index in [0.717, 1.165) is 26.9 Å². The van der Waals surface area contributed by atoms with E-state index in [-0.39, 0.29) is 35.3 Å². The molecule has 2 N–H and O–H groups in total. The molecule has 2 aromatic carbocycles. The monoisotopic (exact) mass is 551 g/mol. The van der Waals surface area contributed by atoms with E-state index in [2.05, 4.69) is 10.3 Å². The first kappa shape index (κ1) is 26.4. The van der Waals surface area contributed by atoms with Gasteiger partial charge in [-0.2, -0.15) is 13.2 Å². The molecule has 0 fully saturated rings. The third-order valence-electron chi connectivity index (χ3n) is 5.34. The van der Waals surface area contributed by atoms with Crippen molar-refractivity contribution in [2.45, 2.75) is 25.9 Å². The lowest BCUT2D eigenvalue weighted by molar-refractivity contribution is -0.138. The number of thiazole rings is 1. The minimum absolute atomic E-state index is 0.0402. The number of hydrogen-bond donors (Lipinski definition) is 2. The molecule has 0 unspecified atom stereocenters. The van der Waals surface area contributed by atoms with Crippen molar-refractivity contribution >= 4 is 65.6 Å². The van der Waals surface area contributed by atoms with E-state index < -0.39 is 33.5 Å². The summed E-state index contributed by atoms with van der Waals surface area (Å²) in [4.78, 5) is 26.6. The van der Waals surface area contributed by atoms with E-state index >= 15 is 0 Å². The lowest BCUT2D eigenvalue weighted by Gasteiger charge is -2.11. The second kappa shape index (κ2) is 9.98. The van der Waals surface area contributed by atoms with Gasteiger partial charge in [0.1, 0.15) is 0 Å². The number of carboxylic acids is 1. The van der Waals surface area contributed by atoms with Crippen molar-refractivity contribution < 1.29 is 36.3 Å². The Morgan fingerprint density at radius 2 is 1.92 bits per heavy atom. The summed E-state index contributed by atoms with van der Waals surface area (Å²) in [6.45, 7) is 1.37. The smallest absolute Gasteiger partial charge is 0.416 e. The minimum Gasteiger partial charge on any atom is -0.481 e. The number of nitrogens with one attached hydrogen (secondary N) is 1. The summed E-state index contributed by atoms with van der Waals surface area (Å²) in [7, 11) is -4.09. The number of hydrogen-bond acceptors (Lipinski definition) is 6. The van der Waals surface area contributed by atoms with Gasteiger partial charge in [0.2, 0.25) is 15.9 Å². The van der Waals surface area contributed by atoms with Crippen LogP contribution >= 0.6 is 11.3 Å². The van der Waals surface area contributed by atoms with Crippen molar-refractivity contribution in [1.29, 1.82) is 0 Å². The molecule has 2 aromatic heterocycles. The van der Waals surface area contributed by atoms with E-state index in [1.54, 1.807) is 24.3 Å². The van der Waals surface area contributed by atoms with Crippen LogP contribution in [0, 0.1) is 0 Å². The van der Waals surface area contributed by atoms with E-state index in [0.29, 0.717) is 16.2 Å². The number of rotatable bonds is 8. The molecular weight excluding hydrogens is 531 g/mol. The number of anilines is 1. The average molecular weight is 552 g/mol. The molecule has 8 nitrogen and oxygen atoms in total. The topological polar surface area (TPSA) is 118 Å². The fraction of sp³-hybridized carbons (Fsp3) is 0.208. The number of benzene rings is 2. The summed E-state index contributed by atoms with van der Waals surface area (Å²) in [5, 5.41) is 12.1. The molecule has 0 radical (unpaired) electrons. The van der Waals surface area contributed by atoms with E-state index in [1.165, 1.54) is 30.4 Å². The predicted octanol–water partition coefficient (Wildman–Crippen LogP) is 5.14. The normalized spacial score (nSPS) is 12.5. The Morgan fingerprint density at radius 3 is 2.59 bits per heavy atom. The highest BCUT2D eigenvalue weighted by Gasteiger charge is 2.31. The maximum atomic E-state index is 13.3. The molecule has 194 valence electrons. The highest BCUT2D eigenvalue weighted by molar-refractivity contribution is 7.90. The second-order valence-electron chi connectivity index (χ2n) is 8.17. The van der Waals surface area contributed by atoms with Gasteiger partial charge in [0.25, 0.3) is 0 Å². The summed E-state index contributed by atoms with van der Waals surface area (Å²) in [5.74, 6) is -1.89. The summed E-state index contributed by atoms with van der Waals surface area (Å²) in [6.07, 6.45) is -2.18. The number of halogens is 3.